The lowest BCUT2D eigenvalue weighted by Crippen LogP contribution is -2.51. The van der Waals surface area contributed by atoms with Crippen LogP contribution in [-0.4, -0.2) is 54.8 Å². The van der Waals surface area contributed by atoms with Crippen molar-refractivity contribution in [3.8, 4) is 0 Å². The zero-order valence-corrected chi connectivity index (χ0v) is 15.9. The molecule has 1 fully saturated rings. The van der Waals surface area contributed by atoms with Crippen LogP contribution in [0.25, 0.3) is 0 Å². The van der Waals surface area contributed by atoms with Crippen molar-refractivity contribution in [2.45, 2.75) is 45.7 Å². The largest absolute Gasteiger partial charge is 0.351 e. The Bertz CT molecular complexity index is 592. The van der Waals surface area contributed by atoms with Crippen molar-refractivity contribution in [3.63, 3.8) is 0 Å². The number of likely N-dealkylation sites (tertiary alicyclic amines) is 1. The second-order valence-corrected chi connectivity index (χ2v) is 7.40. The molecule has 1 aromatic carbocycles. The SMILES string of the molecule is CC(C)C(C(=O)NCc1cccc(C(=O)N(C)C)c1)N1CCCCC1. The van der Waals surface area contributed by atoms with Gasteiger partial charge in [-0.3, -0.25) is 14.5 Å². The summed E-state index contributed by atoms with van der Waals surface area (Å²) >= 11 is 0. The minimum atomic E-state index is -0.0770. The van der Waals surface area contributed by atoms with E-state index in [1.807, 2.05) is 18.2 Å². The molecule has 25 heavy (non-hydrogen) atoms. The summed E-state index contributed by atoms with van der Waals surface area (Å²) in [5.74, 6) is 0.336. The molecule has 5 nitrogen and oxygen atoms in total. The number of amides is 2. The van der Waals surface area contributed by atoms with E-state index in [4.69, 9.17) is 0 Å². The minimum Gasteiger partial charge on any atom is -0.351 e. The minimum absolute atomic E-state index is 0.0263. The van der Waals surface area contributed by atoms with E-state index in [1.54, 1.807) is 25.1 Å². The van der Waals surface area contributed by atoms with Gasteiger partial charge in [-0.05, 0) is 49.5 Å². The van der Waals surface area contributed by atoms with Crippen LogP contribution in [-0.2, 0) is 11.3 Å². The van der Waals surface area contributed by atoms with Crippen LogP contribution in [0, 0.1) is 5.92 Å². The van der Waals surface area contributed by atoms with Gasteiger partial charge in [0.15, 0.2) is 0 Å². The second kappa shape index (κ2) is 8.99. The molecule has 1 N–H and O–H groups in total. The number of hydrogen-bond acceptors (Lipinski definition) is 3. The first-order valence-electron chi connectivity index (χ1n) is 9.22. The summed E-state index contributed by atoms with van der Waals surface area (Å²) in [6.07, 6.45) is 3.60. The van der Waals surface area contributed by atoms with Gasteiger partial charge in [0, 0.05) is 26.2 Å². The topological polar surface area (TPSA) is 52.7 Å². The number of piperidine rings is 1. The zero-order valence-electron chi connectivity index (χ0n) is 15.9. The third-order valence-electron chi connectivity index (χ3n) is 4.73. The molecular weight excluding hydrogens is 314 g/mol. The summed E-state index contributed by atoms with van der Waals surface area (Å²) in [6, 6.07) is 7.39. The van der Waals surface area contributed by atoms with E-state index in [1.165, 1.54) is 19.3 Å². The van der Waals surface area contributed by atoms with E-state index in [0.29, 0.717) is 12.1 Å². The Balaban J connectivity index is 2.00. The van der Waals surface area contributed by atoms with Gasteiger partial charge in [0.2, 0.25) is 5.91 Å². The van der Waals surface area contributed by atoms with Crippen molar-refractivity contribution < 1.29 is 9.59 Å². The van der Waals surface area contributed by atoms with Gasteiger partial charge in [0.05, 0.1) is 6.04 Å². The normalized spacial score (nSPS) is 16.5. The van der Waals surface area contributed by atoms with Gasteiger partial charge in [-0.25, -0.2) is 0 Å². The molecule has 1 aliphatic heterocycles. The van der Waals surface area contributed by atoms with Gasteiger partial charge >= 0.3 is 0 Å². The number of carbonyl (C=O) groups is 2. The first kappa shape index (κ1) is 19.4. The van der Waals surface area contributed by atoms with E-state index < -0.39 is 0 Å². The standard InChI is InChI=1S/C20H31N3O2/c1-15(2)18(23-11-6-5-7-12-23)19(24)21-14-16-9-8-10-17(13-16)20(25)22(3)4/h8-10,13,15,18H,5-7,11-12,14H2,1-4H3,(H,21,24). The third kappa shape index (κ3) is 5.30. The molecule has 1 saturated heterocycles. The highest BCUT2D eigenvalue weighted by Gasteiger charge is 2.29. The Morgan fingerprint density at radius 3 is 2.44 bits per heavy atom. The second-order valence-electron chi connectivity index (χ2n) is 7.40. The lowest BCUT2D eigenvalue weighted by atomic mass is 9.98. The Morgan fingerprint density at radius 1 is 1.16 bits per heavy atom. The van der Waals surface area contributed by atoms with Crippen LogP contribution in [0.15, 0.2) is 24.3 Å². The fraction of sp³-hybridized carbons (Fsp3) is 0.600. The van der Waals surface area contributed by atoms with Crippen LogP contribution in [0.5, 0.6) is 0 Å². The molecule has 0 bridgehead atoms. The first-order valence-corrected chi connectivity index (χ1v) is 9.22. The molecule has 0 aromatic heterocycles. The average Bonchev–Trinajstić information content (AvgIpc) is 2.60. The molecule has 5 heteroatoms. The molecule has 1 atom stereocenters. The van der Waals surface area contributed by atoms with Gasteiger partial charge < -0.3 is 10.2 Å². The van der Waals surface area contributed by atoms with E-state index in [0.717, 1.165) is 18.7 Å². The maximum absolute atomic E-state index is 12.8. The maximum atomic E-state index is 12.8. The van der Waals surface area contributed by atoms with Crippen LogP contribution in [0.3, 0.4) is 0 Å². The smallest absolute Gasteiger partial charge is 0.253 e. The Morgan fingerprint density at radius 2 is 1.84 bits per heavy atom. The first-order chi connectivity index (χ1) is 11.9. The number of rotatable bonds is 6. The van der Waals surface area contributed by atoms with Crippen molar-refractivity contribution >= 4 is 11.8 Å². The summed E-state index contributed by atoms with van der Waals surface area (Å²) in [5.41, 5.74) is 1.59. The van der Waals surface area contributed by atoms with Gasteiger partial charge in [-0.1, -0.05) is 32.4 Å². The highest BCUT2D eigenvalue weighted by Crippen LogP contribution is 2.18. The van der Waals surface area contributed by atoms with Gasteiger partial charge in [-0.2, -0.15) is 0 Å². The number of nitrogens with zero attached hydrogens (tertiary/aromatic N) is 2. The summed E-state index contributed by atoms with van der Waals surface area (Å²) < 4.78 is 0. The zero-order chi connectivity index (χ0) is 18.4. The van der Waals surface area contributed by atoms with Gasteiger partial charge in [-0.15, -0.1) is 0 Å². The number of hydrogen-bond donors (Lipinski definition) is 1. The van der Waals surface area contributed by atoms with Crippen molar-refractivity contribution in [1.82, 2.24) is 15.1 Å². The molecule has 0 radical (unpaired) electrons. The third-order valence-corrected chi connectivity index (χ3v) is 4.73. The van der Waals surface area contributed by atoms with Crippen LogP contribution in [0.1, 0.15) is 49.0 Å². The molecule has 1 heterocycles. The molecule has 0 aliphatic carbocycles. The highest BCUT2D eigenvalue weighted by atomic mass is 16.2. The molecule has 1 aliphatic rings. The molecular formula is C20H31N3O2. The number of benzene rings is 1. The molecule has 2 rings (SSSR count). The van der Waals surface area contributed by atoms with Gasteiger partial charge in [0.1, 0.15) is 0 Å². The summed E-state index contributed by atoms with van der Waals surface area (Å²) in [5, 5.41) is 3.07. The van der Waals surface area contributed by atoms with Gasteiger partial charge in [0.25, 0.3) is 5.91 Å². The average molecular weight is 345 g/mol. The van der Waals surface area contributed by atoms with Crippen molar-refractivity contribution in [2.24, 2.45) is 5.92 Å². The Hall–Kier alpha value is -1.88. The number of nitrogens with one attached hydrogen (secondary N) is 1. The summed E-state index contributed by atoms with van der Waals surface area (Å²) in [7, 11) is 3.48. The van der Waals surface area contributed by atoms with E-state index >= 15 is 0 Å². The van der Waals surface area contributed by atoms with Crippen LogP contribution in [0.2, 0.25) is 0 Å². The molecule has 138 valence electrons. The fourth-order valence-corrected chi connectivity index (χ4v) is 3.45. The quantitative estimate of drug-likeness (QED) is 0.862. The van der Waals surface area contributed by atoms with Crippen molar-refractivity contribution in [2.75, 3.05) is 27.2 Å². The number of carbonyl (C=O) groups excluding carboxylic acids is 2. The lowest BCUT2D eigenvalue weighted by molar-refractivity contribution is -0.128. The monoisotopic (exact) mass is 345 g/mol. The molecule has 2 amide bonds. The van der Waals surface area contributed by atoms with E-state index in [9.17, 15) is 9.59 Å². The Labute approximate surface area is 151 Å². The molecule has 1 aromatic rings. The molecule has 0 spiro atoms. The van der Waals surface area contributed by atoms with Crippen LogP contribution >= 0.6 is 0 Å². The predicted molar refractivity (Wildman–Crippen MR) is 100 cm³/mol. The Kier molecular flexibility index (Phi) is 7.00. The fourth-order valence-electron chi connectivity index (χ4n) is 3.45. The van der Waals surface area contributed by atoms with Crippen molar-refractivity contribution in [3.05, 3.63) is 35.4 Å². The predicted octanol–water partition coefficient (Wildman–Crippen LogP) is 2.52. The summed E-state index contributed by atoms with van der Waals surface area (Å²) in [4.78, 5) is 28.7. The van der Waals surface area contributed by atoms with Crippen LogP contribution in [0.4, 0.5) is 0 Å². The maximum Gasteiger partial charge on any atom is 0.253 e. The van der Waals surface area contributed by atoms with E-state index in [2.05, 4.69) is 24.1 Å². The van der Waals surface area contributed by atoms with Crippen LogP contribution < -0.4 is 5.32 Å². The van der Waals surface area contributed by atoms with Crippen molar-refractivity contribution in [1.29, 1.82) is 0 Å². The molecule has 0 saturated carbocycles. The van der Waals surface area contributed by atoms with E-state index in [-0.39, 0.29) is 23.8 Å². The molecule has 1 unspecified atom stereocenters. The highest BCUT2D eigenvalue weighted by molar-refractivity contribution is 5.94. The summed E-state index contributed by atoms with van der Waals surface area (Å²) in [6.45, 7) is 6.67. The lowest BCUT2D eigenvalue weighted by Gasteiger charge is -2.35.